The van der Waals surface area contributed by atoms with Crippen molar-refractivity contribution in [2.45, 2.75) is 17.7 Å². The van der Waals surface area contributed by atoms with Crippen LogP contribution < -0.4 is 19.5 Å². The molecule has 1 heterocycles. The number of piperidine rings is 1. The van der Waals surface area contributed by atoms with E-state index in [9.17, 15) is 8.42 Å². The van der Waals surface area contributed by atoms with Gasteiger partial charge in [0.05, 0.1) is 18.7 Å². The molecule has 2 rings (SSSR count). The van der Waals surface area contributed by atoms with Gasteiger partial charge in [-0.25, -0.2) is 13.1 Å². The fraction of sp³-hybridized carbons (Fsp3) is 0.571. The van der Waals surface area contributed by atoms with Crippen LogP contribution in [-0.2, 0) is 10.0 Å². The summed E-state index contributed by atoms with van der Waals surface area (Å²) in [6.45, 7) is 2.25. The van der Waals surface area contributed by atoms with Crippen molar-refractivity contribution < 1.29 is 17.9 Å². The van der Waals surface area contributed by atoms with E-state index in [2.05, 4.69) is 26.0 Å². The molecule has 1 aromatic rings. The molecular weight excluding hydrogens is 408 g/mol. The van der Waals surface area contributed by atoms with E-state index in [1.807, 2.05) is 0 Å². The molecule has 1 aliphatic rings. The predicted molar refractivity (Wildman–Crippen MR) is 95.3 cm³/mol. The van der Waals surface area contributed by atoms with Gasteiger partial charge in [-0.3, -0.25) is 0 Å². The lowest BCUT2D eigenvalue weighted by molar-refractivity contribution is 0.374. The predicted octanol–water partition coefficient (Wildman–Crippen LogP) is 2.17. The highest BCUT2D eigenvalue weighted by molar-refractivity contribution is 9.10. The SMILES string of the molecule is COc1cc(S(=O)(=O)NCC2CCCNC2)c(OC)cc1Br.Cl. The summed E-state index contributed by atoms with van der Waals surface area (Å²) in [5.41, 5.74) is 0. The van der Waals surface area contributed by atoms with Gasteiger partial charge in [-0.05, 0) is 53.8 Å². The normalized spacial score (nSPS) is 18.1. The highest BCUT2D eigenvalue weighted by Gasteiger charge is 2.24. The van der Waals surface area contributed by atoms with Crippen molar-refractivity contribution in [1.29, 1.82) is 0 Å². The number of rotatable bonds is 6. The molecule has 1 atom stereocenters. The summed E-state index contributed by atoms with van der Waals surface area (Å²) in [6, 6.07) is 3.06. The molecule has 9 heteroatoms. The fourth-order valence-electron chi connectivity index (χ4n) is 2.45. The highest BCUT2D eigenvalue weighted by atomic mass is 79.9. The van der Waals surface area contributed by atoms with Gasteiger partial charge in [0, 0.05) is 12.6 Å². The number of nitrogens with one attached hydrogen (secondary N) is 2. The molecule has 0 radical (unpaired) electrons. The molecule has 23 heavy (non-hydrogen) atoms. The Morgan fingerprint density at radius 3 is 2.57 bits per heavy atom. The largest absolute Gasteiger partial charge is 0.496 e. The van der Waals surface area contributed by atoms with Crippen molar-refractivity contribution >= 4 is 38.4 Å². The van der Waals surface area contributed by atoms with E-state index in [1.54, 1.807) is 6.07 Å². The molecule has 2 N–H and O–H groups in total. The van der Waals surface area contributed by atoms with Gasteiger partial charge >= 0.3 is 0 Å². The number of ether oxygens (including phenoxy) is 2. The van der Waals surface area contributed by atoms with Gasteiger partial charge in [0.15, 0.2) is 0 Å². The summed E-state index contributed by atoms with van der Waals surface area (Å²) in [5.74, 6) is 1.04. The van der Waals surface area contributed by atoms with E-state index in [0.29, 0.717) is 22.7 Å². The van der Waals surface area contributed by atoms with E-state index in [1.165, 1.54) is 20.3 Å². The number of methoxy groups -OCH3 is 2. The van der Waals surface area contributed by atoms with E-state index in [0.717, 1.165) is 25.9 Å². The van der Waals surface area contributed by atoms with Crippen LogP contribution in [0, 0.1) is 5.92 Å². The molecule has 0 saturated carbocycles. The van der Waals surface area contributed by atoms with Gasteiger partial charge in [-0.1, -0.05) is 0 Å². The summed E-state index contributed by atoms with van der Waals surface area (Å²) in [4.78, 5) is 0.0822. The zero-order chi connectivity index (χ0) is 16.2. The number of halogens is 2. The molecule has 0 spiro atoms. The summed E-state index contributed by atoms with van der Waals surface area (Å²) in [6.07, 6.45) is 2.10. The number of hydrogen-bond acceptors (Lipinski definition) is 5. The maximum absolute atomic E-state index is 12.6. The molecule has 1 unspecified atom stereocenters. The molecule has 1 saturated heterocycles. The average molecular weight is 430 g/mol. The third-order valence-electron chi connectivity index (χ3n) is 3.69. The Balaban J connectivity index is 0.00000264. The number of benzene rings is 1. The molecule has 0 bridgehead atoms. The van der Waals surface area contributed by atoms with Gasteiger partial charge < -0.3 is 14.8 Å². The van der Waals surface area contributed by atoms with Gasteiger partial charge in [-0.2, -0.15) is 0 Å². The van der Waals surface area contributed by atoms with E-state index in [4.69, 9.17) is 9.47 Å². The number of hydrogen-bond donors (Lipinski definition) is 2. The summed E-state index contributed by atoms with van der Waals surface area (Å²) in [7, 11) is -0.722. The Morgan fingerprint density at radius 2 is 2.00 bits per heavy atom. The van der Waals surface area contributed by atoms with Gasteiger partial charge in [-0.15, -0.1) is 12.4 Å². The molecule has 0 amide bonds. The lowest BCUT2D eigenvalue weighted by Gasteiger charge is -2.23. The minimum atomic E-state index is -3.66. The van der Waals surface area contributed by atoms with Gasteiger partial charge in [0.2, 0.25) is 10.0 Å². The van der Waals surface area contributed by atoms with Crippen LogP contribution in [0.4, 0.5) is 0 Å². The molecule has 1 aliphatic heterocycles. The van der Waals surface area contributed by atoms with Crippen LogP contribution in [0.1, 0.15) is 12.8 Å². The van der Waals surface area contributed by atoms with Crippen LogP contribution in [0.25, 0.3) is 0 Å². The van der Waals surface area contributed by atoms with Crippen LogP contribution in [0.3, 0.4) is 0 Å². The van der Waals surface area contributed by atoms with Crippen LogP contribution >= 0.6 is 28.3 Å². The van der Waals surface area contributed by atoms with Crippen molar-refractivity contribution in [3.05, 3.63) is 16.6 Å². The van der Waals surface area contributed by atoms with Crippen LogP contribution in [0.5, 0.6) is 11.5 Å². The highest BCUT2D eigenvalue weighted by Crippen LogP contribution is 2.35. The zero-order valence-corrected chi connectivity index (χ0v) is 16.3. The Labute approximate surface area is 151 Å². The van der Waals surface area contributed by atoms with Crippen molar-refractivity contribution in [2.75, 3.05) is 33.9 Å². The molecule has 1 aromatic carbocycles. The second-order valence-electron chi connectivity index (χ2n) is 5.20. The van der Waals surface area contributed by atoms with Crippen LogP contribution in [0.15, 0.2) is 21.5 Å². The molecule has 132 valence electrons. The third kappa shape index (κ3) is 5.22. The first-order valence-corrected chi connectivity index (χ1v) is 9.37. The van der Waals surface area contributed by atoms with Crippen LogP contribution in [-0.4, -0.2) is 42.3 Å². The van der Waals surface area contributed by atoms with Crippen molar-refractivity contribution in [3.8, 4) is 11.5 Å². The van der Waals surface area contributed by atoms with E-state index < -0.39 is 10.0 Å². The summed E-state index contributed by atoms with van der Waals surface area (Å²) >= 11 is 3.32. The van der Waals surface area contributed by atoms with Gasteiger partial charge in [0.25, 0.3) is 0 Å². The average Bonchev–Trinajstić information content (AvgIpc) is 2.53. The van der Waals surface area contributed by atoms with E-state index >= 15 is 0 Å². The van der Waals surface area contributed by atoms with Crippen molar-refractivity contribution in [2.24, 2.45) is 5.92 Å². The molecular formula is C14H22BrClN2O4S. The lowest BCUT2D eigenvalue weighted by Crippen LogP contribution is -2.38. The first kappa shape index (κ1) is 20.5. The zero-order valence-electron chi connectivity index (χ0n) is 13.1. The van der Waals surface area contributed by atoms with E-state index in [-0.39, 0.29) is 23.1 Å². The lowest BCUT2D eigenvalue weighted by atomic mass is 10.0. The Bertz CT molecular complexity index is 621. The first-order valence-electron chi connectivity index (χ1n) is 7.10. The Kier molecular flexibility index (Phi) is 8.09. The fourth-order valence-corrected chi connectivity index (χ4v) is 4.21. The summed E-state index contributed by atoms with van der Waals surface area (Å²) < 4.78 is 38.8. The third-order valence-corrected chi connectivity index (χ3v) is 5.75. The maximum atomic E-state index is 12.6. The molecule has 0 aliphatic carbocycles. The molecule has 1 fully saturated rings. The Hall–Kier alpha value is -0.540. The minimum Gasteiger partial charge on any atom is -0.496 e. The minimum absolute atomic E-state index is 0. The maximum Gasteiger partial charge on any atom is 0.244 e. The molecule has 6 nitrogen and oxygen atoms in total. The van der Waals surface area contributed by atoms with Crippen LogP contribution in [0.2, 0.25) is 0 Å². The molecule has 0 aromatic heterocycles. The summed E-state index contributed by atoms with van der Waals surface area (Å²) in [5, 5.41) is 3.27. The smallest absolute Gasteiger partial charge is 0.244 e. The van der Waals surface area contributed by atoms with Gasteiger partial charge in [0.1, 0.15) is 16.4 Å². The Morgan fingerprint density at radius 1 is 1.30 bits per heavy atom. The second-order valence-corrected chi connectivity index (χ2v) is 7.79. The first-order chi connectivity index (χ1) is 10.5. The topological polar surface area (TPSA) is 76.7 Å². The number of sulfonamides is 1. The monoisotopic (exact) mass is 428 g/mol. The second kappa shape index (κ2) is 9.08. The van der Waals surface area contributed by atoms with Crippen molar-refractivity contribution in [1.82, 2.24) is 10.0 Å². The quantitative estimate of drug-likeness (QED) is 0.725. The van der Waals surface area contributed by atoms with Crippen molar-refractivity contribution in [3.63, 3.8) is 0 Å². The standard InChI is InChI=1S/C14H21BrN2O4S.ClH/c1-20-12-7-14(13(21-2)6-11(12)15)22(18,19)17-9-10-4-3-5-16-8-10;/h6-7,10,16-17H,3-5,8-9H2,1-2H3;1H.